The normalized spacial score (nSPS) is 10.7. The fourth-order valence-corrected chi connectivity index (χ4v) is 2.42. The zero-order chi connectivity index (χ0) is 18.6. The van der Waals surface area contributed by atoms with E-state index in [-0.39, 0.29) is 29.9 Å². The molecule has 0 aliphatic heterocycles. The summed E-state index contributed by atoms with van der Waals surface area (Å²) in [6.45, 7) is 3.41. The minimum absolute atomic E-state index is 0. The van der Waals surface area contributed by atoms with Crippen LogP contribution in [-0.4, -0.2) is 30.4 Å². The molecule has 0 aliphatic rings. The van der Waals surface area contributed by atoms with Crippen molar-refractivity contribution in [1.82, 2.24) is 15.6 Å². The SMILES string of the molecule is CCCC(=O)Nc1ccc(CNC(=NC)NCCc2ccccn2)cc1.I. The third-order valence-corrected chi connectivity index (χ3v) is 3.80. The second kappa shape index (κ2) is 13.1. The smallest absolute Gasteiger partial charge is 0.224 e. The fourth-order valence-electron chi connectivity index (χ4n) is 2.42. The van der Waals surface area contributed by atoms with Crippen LogP contribution in [-0.2, 0) is 17.8 Å². The first kappa shape index (κ1) is 22.9. The molecule has 146 valence electrons. The van der Waals surface area contributed by atoms with Crippen LogP contribution < -0.4 is 16.0 Å². The predicted octanol–water partition coefficient (Wildman–Crippen LogP) is 3.35. The number of hydrogen-bond donors (Lipinski definition) is 3. The van der Waals surface area contributed by atoms with Crippen LogP contribution in [0.4, 0.5) is 5.69 Å². The number of nitrogens with zero attached hydrogens (tertiary/aromatic N) is 2. The second-order valence-corrected chi connectivity index (χ2v) is 5.92. The Morgan fingerprint density at radius 3 is 2.52 bits per heavy atom. The summed E-state index contributed by atoms with van der Waals surface area (Å²) in [5.41, 5.74) is 2.99. The molecule has 0 radical (unpaired) electrons. The van der Waals surface area contributed by atoms with Gasteiger partial charge in [-0.3, -0.25) is 14.8 Å². The molecule has 0 atom stereocenters. The second-order valence-electron chi connectivity index (χ2n) is 5.92. The van der Waals surface area contributed by atoms with Gasteiger partial charge in [0.05, 0.1) is 0 Å². The van der Waals surface area contributed by atoms with Crippen molar-refractivity contribution in [3.63, 3.8) is 0 Å². The van der Waals surface area contributed by atoms with Crippen molar-refractivity contribution in [2.24, 2.45) is 4.99 Å². The lowest BCUT2D eigenvalue weighted by Crippen LogP contribution is -2.37. The van der Waals surface area contributed by atoms with E-state index in [4.69, 9.17) is 0 Å². The molecule has 0 spiro atoms. The van der Waals surface area contributed by atoms with Crippen LogP contribution >= 0.6 is 24.0 Å². The summed E-state index contributed by atoms with van der Waals surface area (Å²) in [6.07, 6.45) is 4.04. The lowest BCUT2D eigenvalue weighted by Gasteiger charge is -2.12. The first-order chi connectivity index (χ1) is 12.7. The molecule has 0 saturated carbocycles. The Balaban J connectivity index is 0.00000364. The first-order valence-electron chi connectivity index (χ1n) is 8.94. The van der Waals surface area contributed by atoms with E-state index in [1.807, 2.05) is 49.4 Å². The van der Waals surface area contributed by atoms with E-state index >= 15 is 0 Å². The van der Waals surface area contributed by atoms with Gasteiger partial charge in [-0.05, 0) is 36.2 Å². The Morgan fingerprint density at radius 1 is 1.11 bits per heavy atom. The number of halogens is 1. The summed E-state index contributed by atoms with van der Waals surface area (Å²) >= 11 is 0. The molecule has 6 nitrogen and oxygen atoms in total. The number of carbonyl (C=O) groups is 1. The highest BCUT2D eigenvalue weighted by molar-refractivity contribution is 14.0. The molecule has 0 bridgehead atoms. The molecule has 27 heavy (non-hydrogen) atoms. The molecular weight excluding hydrogens is 453 g/mol. The number of anilines is 1. The number of benzene rings is 1. The molecule has 1 amide bonds. The summed E-state index contributed by atoms with van der Waals surface area (Å²) in [5.74, 6) is 0.803. The topological polar surface area (TPSA) is 78.4 Å². The zero-order valence-electron chi connectivity index (χ0n) is 15.9. The van der Waals surface area contributed by atoms with Gasteiger partial charge in [-0.25, -0.2) is 0 Å². The maximum absolute atomic E-state index is 11.6. The number of rotatable bonds is 8. The van der Waals surface area contributed by atoms with E-state index < -0.39 is 0 Å². The third-order valence-electron chi connectivity index (χ3n) is 3.80. The van der Waals surface area contributed by atoms with Gasteiger partial charge < -0.3 is 16.0 Å². The maximum atomic E-state index is 11.6. The molecule has 1 heterocycles. The highest BCUT2D eigenvalue weighted by atomic mass is 127. The number of nitrogens with one attached hydrogen (secondary N) is 3. The third kappa shape index (κ3) is 8.85. The van der Waals surface area contributed by atoms with Gasteiger partial charge in [-0.15, -0.1) is 24.0 Å². The number of guanidine groups is 1. The minimum Gasteiger partial charge on any atom is -0.356 e. The van der Waals surface area contributed by atoms with Gasteiger partial charge in [0.25, 0.3) is 0 Å². The Bertz CT molecular complexity index is 704. The van der Waals surface area contributed by atoms with Crippen molar-refractivity contribution in [2.45, 2.75) is 32.7 Å². The van der Waals surface area contributed by atoms with Crippen molar-refractivity contribution in [3.05, 3.63) is 59.9 Å². The lowest BCUT2D eigenvalue weighted by molar-refractivity contribution is -0.116. The molecule has 0 saturated heterocycles. The lowest BCUT2D eigenvalue weighted by atomic mass is 10.2. The van der Waals surface area contributed by atoms with Gasteiger partial charge in [-0.2, -0.15) is 0 Å². The quantitative estimate of drug-likeness (QED) is 0.307. The van der Waals surface area contributed by atoms with Gasteiger partial charge in [0.2, 0.25) is 5.91 Å². The average molecular weight is 481 g/mol. The Hall–Kier alpha value is -2.16. The molecule has 0 aliphatic carbocycles. The fraction of sp³-hybridized carbons (Fsp3) is 0.350. The van der Waals surface area contributed by atoms with Gasteiger partial charge in [-0.1, -0.05) is 25.1 Å². The van der Waals surface area contributed by atoms with Crippen molar-refractivity contribution in [2.75, 3.05) is 18.9 Å². The van der Waals surface area contributed by atoms with E-state index in [0.29, 0.717) is 13.0 Å². The van der Waals surface area contributed by atoms with Gasteiger partial charge in [0.1, 0.15) is 0 Å². The van der Waals surface area contributed by atoms with Crippen LogP contribution in [0.2, 0.25) is 0 Å². The largest absolute Gasteiger partial charge is 0.356 e. The van der Waals surface area contributed by atoms with Crippen molar-refractivity contribution >= 4 is 41.5 Å². The number of pyridine rings is 1. The van der Waals surface area contributed by atoms with E-state index in [1.165, 1.54) is 0 Å². The zero-order valence-corrected chi connectivity index (χ0v) is 18.2. The highest BCUT2D eigenvalue weighted by Gasteiger charge is 2.02. The van der Waals surface area contributed by atoms with Gasteiger partial charge in [0, 0.05) is 50.6 Å². The highest BCUT2D eigenvalue weighted by Crippen LogP contribution is 2.10. The molecular formula is C20H28IN5O. The van der Waals surface area contributed by atoms with Crippen LogP contribution in [0.5, 0.6) is 0 Å². The summed E-state index contributed by atoms with van der Waals surface area (Å²) in [6, 6.07) is 13.7. The summed E-state index contributed by atoms with van der Waals surface area (Å²) < 4.78 is 0. The molecule has 0 unspecified atom stereocenters. The van der Waals surface area contributed by atoms with Crippen LogP contribution in [0.15, 0.2) is 53.7 Å². The number of aliphatic imine (C=N–C) groups is 1. The van der Waals surface area contributed by atoms with E-state index in [9.17, 15) is 4.79 Å². The van der Waals surface area contributed by atoms with Crippen LogP contribution in [0, 0.1) is 0 Å². The summed E-state index contributed by atoms with van der Waals surface area (Å²) in [5, 5.41) is 9.45. The van der Waals surface area contributed by atoms with Gasteiger partial charge >= 0.3 is 0 Å². The Labute approximate surface area is 178 Å². The van der Waals surface area contributed by atoms with Crippen molar-refractivity contribution < 1.29 is 4.79 Å². The van der Waals surface area contributed by atoms with Crippen LogP contribution in [0.1, 0.15) is 31.0 Å². The van der Waals surface area contributed by atoms with Gasteiger partial charge in [0.15, 0.2) is 5.96 Å². The summed E-state index contributed by atoms with van der Waals surface area (Å²) in [4.78, 5) is 20.1. The standard InChI is InChI=1S/C20H27N5O.HI/c1-3-6-19(26)25-18-10-8-16(9-11-18)15-24-20(21-2)23-14-12-17-7-4-5-13-22-17;/h4-5,7-11,13H,3,6,12,14-15H2,1-2H3,(H,25,26)(H2,21,23,24);1H. The minimum atomic E-state index is 0. The van der Waals surface area contributed by atoms with Crippen LogP contribution in [0.25, 0.3) is 0 Å². The molecule has 1 aromatic heterocycles. The van der Waals surface area contributed by atoms with E-state index in [2.05, 4.69) is 25.9 Å². The molecule has 3 N–H and O–H groups in total. The van der Waals surface area contributed by atoms with Crippen molar-refractivity contribution in [3.8, 4) is 0 Å². The monoisotopic (exact) mass is 481 g/mol. The van der Waals surface area contributed by atoms with E-state index in [0.717, 1.165) is 42.3 Å². The summed E-state index contributed by atoms with van der Waals surface area (Å²) in [7, 11) is 1.75. The average Bonchev–Trinajstić information content (AvgIpc) is 2.66. The number of amides is 1. The number of carbonyl (C=O) groups excluding carboxylic acids is 1. The number of hydrogen-bond acceptors (Lipinski definition) is 3. The maximum Gasteiger partial charge on any atom is 0.224 e. The molecule has 0 fully saturated rings. The molecule has 7 heteroatoms. The first-order valence-corrected chi connectivity index (χ1v) is 8.94. The number of aromatic nitrogens is 1. The predicted molar refractivity (Wildman–Crippen MR) is 122 cm³/mol. The molecule has 2 aromatic rings. The Kier molecular flexibility index (Phi) is 11.1. The van der Waals surface area contributed by atoms with E-state index in [1.54, 1.807) is 13.2 Å². The van der Waals surface area contributed by atoms with Crippen LogP contribution in [0.3, 0.4) is 0 Å². The Morgan fingerprint density at radius 2 is 1.89 bits per heavy atom. The van der Waals surface area contributed by atoms with Crippen molar-refractivity contribution in [1.29, 1.82) is 0 Å². The molecule has 1 aromatic carbocycles. The molecule has 2 rings (SSSR count).